The Labute approximate surface area is 165 Å². The van der Waals surface area contributed by atoms with Crippen LogP contribution < -0.4 is 0 Å². The van der Waals surface area contributed by atoms with Crippen molar-refractivity contribution in [3.05, 3.63) is 94.9 Å². The van der Waals surface area contributed by atoms with Crippen LogP contribution in [0.2, 0.25) is 0 Å². The zero-order valence-electron chi connectivity index (χ0n) is 16.0. The molecule has 142 valence electrons. The van der Waals surface area contributed by atoms with Crippen molar-refractivity contribution < 1.29 is 9.52 Å². The van der Waals surface area contributed by atoms with Gasteiger partial charge >= 0.3 is 0 Å². The van der Waals surface area contributed by atoms with Crippen molar-refractivity contribution in [2.75, 3.05) is 19.6 Å². The summed E-state index contributed by atoms with van der Waals surface area (Å²) in [4.78, 5) is 2.57. The normalized spacial score (nSPS) is 27.5. The van der Waals surface area contributed by atoms with Gasteiger partial charge in [-0.15, -0.1) is 0 Å². The largest absolute Gasteiger partial charge is 0.472 e. The first-order chi connectivity index (χ1) is 13.7. The summed E-state index contributed by atoms with van der Waals surface area (Å²) >= 11 is 0. The van der Waals surface area contributed by atoms with E-state index in [1.54, 1.807) is 12.5 Å². The van der Waals surface area contributed by atoms with Gasteiger partial charge in [0.2, 0.25) is 0 Å². The summed E-state index contributed by atoms with van der Waals surface area (Å²) in [5, 5.41) is 11.1. The van der Waals surface area contributed by atoms with Crippen molar-refractivity contribution in [2.45, 2.75) is 36.2 Å². The topological polar surface area (TPSA) is 36.6 Å². The van der Waals surface area contributed by atoms with E-state index in [-0.39, 0.29) is 5.41 Å². The Morgan fingerprint density at radius 3 is 2.18 bits per heavy atom. The van der Waals surface area contributed by atoms with E-state index in [1.165, 1.54) is 28.7 Å². The number of benzene rings is 2. The molecule has 1 aliphatic heterocycles. The fourth-order valence-electron chi connectivity index (χ4n) is 6.09. The van der Waals surface area contributed by atoms with Crippen LogP contribution in [-0.2, 0) is 11.0 Å². The molecule has 3 aromatic rings. The summed E-state index contributed by atoms with van der Waals surface area (Å²) < 4.78 is 5.21. The fourth-order valence-corrected chi connectivity index (χ4v) is 6.09. The van der Waals surface area contributed by atoms with Crippen molar-refractivity contribution in [1.29, 1.82) is 0 Å². The summed E-state index contributed by atoms with van der Waals surface area (Å²) in [5.41, 5.74) is 6.36. The van der Waals surface area contributed by atoms with E-state index in [0.717, 1.165) is 38.0 Å². The van der Waals surface area contributed by atoms with Crippen LogP contribution in [0.3, 0.4) is 0 Å². The molecule has 0 saturated carbocycles. The van der Waals surface area contributed by atoms with Gasteiger partial charge in [0.1, 0.15) is 0 Å². The third-order valence-corrected chi connectivity index (χ3v) is 7.49. The molecule has 0 spiro atoms. The minimum atomic E-state index is -0.745. The van der Waals surface area contributed by atoms with Gasteiger partial charge < -0.3 is 14.4 Å². The molecule has 2 aromatic carbocycles. The highest BCUT2D eigenvalue weighted by molar-refractivity contribution is 5.62. The molecule has 2 bridgehead atoms. The van der Waals surface area contributed by atoms with Gasteiger partial charge in [0.05, 0.1) is 18.1 Å². The number of nitrogens with zero attached hydrogens (tertiary/aromatic N) is 1. The Bertz CT molecular complexity index is 967. The van der Waals surface area contributed by atoms with Crippen LogP contribution in [0.5, 0.6) is 0 Å². The third kappa shape index (κ3) is 2.17. The number of rotatable bonds is 3. The van der Waals surface area contributed by atoms with E-state index >= 15 is 0 Å². The van der Waals surface area contributed by atoms with Crippen molar-refractivity contribution in [3.8, 4) is 0 Å². The summed E-state index contributed by atoms with van der Waals surface area (Å²) in [6.07, 6.45) is 6.06. The molecule has 2 aliphatic carbocycles. The Balaban J connectivity index is 1.31. The molecule has 1 fully saturated rings. The number of piperidine rings is 1. The van der Waals surface area contributed by atoms with Gasteiger partial charge in [0.15, 0.2) is 0 Å². The minimum Gasteiger partial charge on any atom is -0.472 e. The molecular formula is C25H25NO2. The Hall–Kier alpha value is -2.36. The molecule has 28 heavy (non-hydrogen) atoms. The Morgan fingerprint density at radius 1 is 0.929 bits per heavy atom. The van der Waals surface area contributed by atoms with Crippen LogP contribution in [0.4, 0.5) is 0 Å². The van der Waals surface area contributed by atoms with Gasteiger partial charge in [-0.05, 0) is 47.6 Å². The van der Waals surface area contributed by atoms with Crippen LogP contribution in [0.25, 0.3) is 0 Å². The summed E-state index contributed by atoms with van der Waals surface area (Å²) in [7, 11) is 0. The molecule has 1 aromatic heterocycles. The van der Waals surface area contributed by atoms with E-state index < -0.39 is 5.60 Å². The lowest BCUT2D eigenvalue weighted by Gasteiger charge is -2.42. The Kier molecular flexibility index (Phi) is 3.45. The van der Waals surface area contributed by atoms with E-state index in [1.807, 2.05) is 6.07 Å². The second-order valence-corrected chi connectivity index (χ2v) is 8.83. The molecular weight excluding hydrogens is 346 g/mol. The first-order valence-corrected chi connectivity index (χ1v) is 10.4. The monoisotopic (exact) mass is 371 g/mol. The van der Waals surface area contributed by atoms with E-state index in [2.05, 4.69) is 53.4 Å². The van der Waals surface area contributed by atoms with Crippen LogP contribution in [0.1, 0.15) is 53.0 Å². The molecule has 3 nitrogen and oxygen atoms in total. The van der Waals surface area contributed by atoms with E-state index in [4.69, 9.17) is 4.42 Å². The molecule has 2 heterocycles. The van der Waals surface area contributed by atoms with Gasteiger partial charge in [-0.1, -0.05) is 48.5 Å². The molecule has 0 radical (unpaired) electrons. The molecule has 3 aliphatic rings. The van der Waals surface area contributed by atoms with Crippen LogP contribution in [0.15, 0.2) is 71.5 Å². The van der Waals surface area contributed by atoms with Gasteiger partial charge in [0, 0.05) is 36.5 Å². The lowest BCUT2D eigenvalue weighted by atomic mass is 9.74. The van der Waals surface area contributed by atoms with Gasteiger partial charge in [-0.2, -0.15) is 0 Å². The molecule has 0 atom stereocenters. The summed E-state index contributed by atoms with van der Waals surface area (Å²) in [6.45, 7) is 2.87. The number of aliphatic hydroxyl groups is 1. The quantitative estimate of drug-likeness (QED) is 0.741. The highest BCUT2D eigenvalue weighted by atomic mass is 16.3. The van der Waals surface area contributed by atoms with Crippen molar-refractivity contribution in [3.63, 3.8) is 0 Å². The van der Waals surface area contributed by atoms with Crippen LogP contribution in [-0.4, -0.2) is 29.6 Å². The van der Waals surface area contributed by atoms with Gasteiger partial charge in [-0.25, -0.2) is 0 Å². The lowest BCUT2D eigenvalue weighted by Crippen LogP contribution is -2.47. The number of fused-ring (bicyclic) bond motifs is 8. The number of hydrogen-bond acceptors (Lipinski definition) is 3. The molecule has 1 saturated heterocycles. The first-order valence-electron chi connectivity index (χ1n) is 10.4. The van der Waals surface area contributed by atoms with Crippen molar-refractivity contribution in [1.82, 2.24) is 4.90 Å². The zero-order valence-corrected chi connectivity index (χ0v) is 16.0. The maximum Gasteiger partial charge on any atom is 0.0963 e. The standard InChI is InChI=1S/C25H25NO2/c27-25(18-9-14-28-16-18)10-12-26(13-11-25)17-24-15-21(19-5-1-3-7-22(19)24)20-6-2-4-8-23(20)24/h1-9,14,16,21,27H,10-13,15,17H2. The fraction of sp³-hybridized carbons (Fsp3) is 0.360. The molecule has 1 N–H and O–H groups in total. The highest BCUT2D eigenvalue weighted by Crippen LogP contribution is 2.60. The smallest absolute Gasteiger partial charge is 0.0963 e. The maximum atomic E-state index is 11.1. The summed E-state index contributed by atoms with van der Waals surface area (Å²) in [5.74, 6) is 0.542. The molecule has 3 heteroatoms. The highest BCUT2D eigenvalue weighted by Gasteiger charge is 2.53. The second kappa shape index (κ2) is 5.82. The first kappa shape index (κ1) is 16.6. The minimum absolute atomic E-state index is 0.100. The number of furan rings is 1. The molecule has 0 amide bonds. The van der Waals surface area contributed by atoms with E-state index in [9.17, 15) is 5.11 Å². The van der Waals surface area contributed by atoms with Crippen molar-refractivity contribution in [2.24, 2.45) is 0 Å². The van der Waals surface area contributed by atoms with Crippen LogP contribution >= 0.6 is 0 Å². The average Bonchev–Trinajstić information content (AvgIpc) is 3.45. The number of likely N-dealkylation sites (tertiary alicyclic amines) is 1. The molecule has 0 unspecified atom stereocenters. The molecule has 6 rings (SSSR count). The zero-order chi connectivity index (χ0) is 18.8. The summed E-state index contributed by atoms with van der Waals surface area (Å²) in [6, 6.07) is 20.0. The SMILES string of the molecule is OC1(c2ccoc2)CCN(CC23CC(c4ccccc42)c2ccccc23)CC1. The Morgan fingerprint density at radius 2 is 1.57 bits per heavy atom. The maximum absolute atomic E-state index is 11.1. The average molecular weight is 371 g/mol. The van der Waals surface area contributed by atoms with Gasteiger partial charge in [-0.3, -0.25) is 0 Å². The predicted molar refractivity (Wildman–Crippen MR) is 108 cm³/mol. The van der Waals surface area contributed by atoms with Gasteiger partial charge in [0.25, 0.3) is 0 Å². The third-order valence-electron chi connectivity index (χ3n) is 7.49. The number of hydrogen-bond donors (Lipinski definition) is 1. The lowest BCUT2D eigenvalue weighted by molar-refractivity contribution is -0.0293. The van der Waals surface area contributed by atoms with E-state index in [0.29, 0.717) is 5.92 Å². The van der Waals surface area contributed by atoms with Crippen LogP contribution in [0, 0.1) is 0 Å². The predicted octanol–water partition coefficient (Wildman–Crippen LogP) is 4.40. The second-order valence-electron chi connectivity index (χ2n) is 8.83. The van der Waals surface area contributed by atoms with Crippen molar-refractivity contribution >= 4 is 0 Å².